The van der Waals surface area contributed by atoms with Crippen LogP contribution in [0.2, 0.25) is 5.02 Å². The number of halogens is 1. The maximum atomic E-state index is 12.4. The molecule has 1 aromatic carbocycles. The molecule has 1 atom stereocenters. The summed E-state index contributed by atoms with van der Waals surface area (Å²) >= 11 is 7.30. The lowest BCUT2D eigenvalue weighted by molar-refractivity contribution is 0.0994. The minimum atomic E-state index is -0.269. The maximum absolute atomic E-state index is 12.4. The number of rotatable bonds is 7. The van der Waals surface area contributed by atoms with Gasteiger partial charge in [0, 0.05) is 24.2 Å². The third-order valence-electron chi connectivity index (χ3n) is 2.88. The average Bonchev–Trinajstić information content (AvgIpc) is 2.91. The summed E-state index contributed by atoms with van der Waals surface area (Å²) in [5.41, 5.74) is 0.602. The van der Waals surface area contributed by atoms with Crippen molar-refractivity contribution in [2.45, 2.75) is 23.9 Å². The van der Waals surface area contributed by atoms with E-state index in [2.05, 4.69) is 10.2 Å². The Morgan fingerprint density at radius 2 is 2.33 bits per heavy atom. The summed E-state index contributed by atoms with van der Waals surface area (Å²) in [4.78, 5) is 12.4. The zero-order chi connectivity index (χ0) is 15.2. The molecule has 0 bridgehead atoms. The van der Waals surface area contributed by atoms with E-state index in [4.69, 9.17) is 16.3 Å². The van der Waals surface area contributed by atoms with Crippen molar-refractivity contribution in [3.05, 3.63) is 41.2 Å². The molecule has 0 aliphatic carbocycles. The molecule has 0 aliphatic rings. The largest absolute Gasteiger partial charge is 0.383 e. The zero-order valence-electron chi connectivity index (χ0n) is 11.8. The second-order valence-corrected chi connectivity index (χ2v) is 6.18. The van der Waals surface area contributed by atoms with E-state index >= 15 is 0 Å². The molecular weight excluding hydrogens is 310 g/mol. The number of nitrogens with zero attached hydrogens (tertiary/aromatic N) is 3. The Morgan fingerprint density at radius 1 is 1.52 bits per heavy atom. The van der Waals surface area contributed by atoms with Crippen LogP contribution in [-0.2, 0) is 11.3 Å². The van der Waals surface area contributed by atoms with Crippen molar-refractivity contribution in [3.8, 4) is 0 Å². The van der Waals surface area contributed by atoms with Crippen molar-refractivity contribution in [3.63, 3.8) is 0 Å². The lowest BCUT2D eigenvalue weighted by Crippen LogP contribution is -2.15. The molecule has 2 aromatic rings. The van der Waals surface area contributed by atoms with E-state index in [1.165, 1.54) is 11.8 Å². The molecule has 5 nitrogen and oxygen atoms in total. The molecular formula is C14H16ClN3O2S. The van der Waals surface area contributed by atoms with Crippen LogP contribution in [0.3, 0.4) is 0 Å². The predicted molar refractivity (Wildman–Crippen MR) is 83.0 cm³/mol. The molecule has 2 rings (SSSR count). The number of ketones is 1. The molecule has 112 valence electrons. The van der Waals surface area contributed by atoms with E-state index in [-0.39, 0.29) is 11.0 Å². The van der Waals surface area contributed by atoms with Gasteiger partial charge < -0.3 is 9.30 Å². The maximum Gasteiger partial charge on any atom is 0.191 e. The molecule has 0 spiro atoms. The summed E-state index contributed by atoms with van der Waals surface area (Å²) in [5, 5.41) is 8.91. The van der Waals surface area contributed by atoms with Gasteiger partial charge in [0.15, 0.2) is 10.9 Å². The lowest BCUT2D eigenvalue weighted by Gasteiger charge is -2.11. The molecule has 7 heteroatoms. The van der Waals surface area contributed by atoms with Gasteiger partial charge in [-0.25, -0.2) is 0 Å². The minimum Gasteiger partial charge on any atom is -0.383 e. The van der Waals surface area contributed by atoms with E-state index < -0.39 is 0 Å². The summed E-state index contributed by atoms with van der Waals surface area (Å²) in [7, 11) is 1.64. The first-order valence-corrected chi connectivity index (χ1v) is 7.70. The lowest BCUT2D eigenvalue weighted by atomic mass is 10.1. The quantitative estimate of drug-likeness (QED) is 0.578. The van der Waals surface area contributed by atoms with Gasteiger partial charge in [0.05, 0.1) is 11.9 Å². The van der Waals surface area contributed by atoms with Crippen LogP contribution in [0.1, 0.15) is 17.3 Å². The molecule has 1 heterocycles. The Hall–Kier alpha value is -1.37. The fourth-order valence-electron chi connectivity index (χ4n) is 1.77. The smallest absolute Gasteiger partial charge is 0.191 e. The Kier molecular flexibility index (Phi) is 5.78. The standard InChI is InChI=1S/C14H16ClN3O2S/c1-10(13(19)11-4-3-5-12(15)8-11)21-14-17-16-9-18(14)6-7-20-2/h3-5,8-10H,6-7H2,1-2H3/t10-/m0/s1. The summed E-state index contributed by atoms with van der Waals surface area (Å²) in [6.07, 6.45) is 1.64. The Bertz CT molecular complexity index is 618. The number of ether oxygens (including phenoxy) is 1. The second-order valence-electron chi connectivity index (χ2n) is 4.43. The summed E-state index contributed by atoms with van der Waals surface area (Å²) in [6, 6.07) is 6.96. The number of carbonyl (C=O) groups is 1. The van der Waals surface area contributed by atoms with E-state index in [0.717, 1.165) is 0 Å². The van der Waals surface area contributed by atoms with Gasteiger partial charge in [0.1, 0.15) is 6.33 Å². The highest BCUT2D eigenvalue weighted by molar-refractivity contribution is 8.00. The van der Waals surface area contributed by atoms with Crippen molar-refractivity contribution < 1.29 is 9.53 Å². The topological polar surface area (TPSA) is 57.0 Å². The van der Waals surface area contributed by atoms with E-state index in [0.29, 0.717) is 28.9 Å². The first-order valence-electron chi connectivity index (χ1n) is 6.45. The van der Waals surface area contributed by atoms with Crippen LogP contribution in [0.4, 0.5) is 0 Å². The van der Waals surface area contributed by atoms with Crippen LogP contribution in [0.25, 0.3) is 0 Å². The van der Waals surface area contributed by atoms with Crippen LogP contribution in [0.15, 0.2) is 35.7 Å². The monoisotopic (exact) mass is 325 g/mol. The summed E-state index contributed by atoms with van der Waals surface area (Å²) in [6.45, 7) is 3.08. The minimum absolute atomic E-state index is 0.0174. The fraction of sp³-hybridized carbons (Fsp3) is 0.357. The van der Waals surface area contributed by atoms with E-state index in [1.807, 2.05) is 11.5 Å². The molecule has 0 amide bonds. The highest BCUT2D eigenvalue weighted by atomic mass is 35.5. The molecule has 0 N–H and O–H groups in total. The summed E-state index contributed by atoms with van der Waals surface area (Å²) in [5.74, 6) is 0.0174. The third-order valence-corrected chi connectivity index (χ3v) is 4.21. The van der Waals surface area contributed by atoms with Crippen molar-refractivity contribution in [1.82, 2.24) is 14.8 Å². The number of aromatic nitrogens is 3. The number of hydrogen-bond acceptors (Lipinski definition) is 5. The van der Waals surface area contributed by atoms with Crippen LogP contribution in [-0.4, -0.2) is 39.5 Å². The normalized spacial score (nSPS) is 12.3. The van der Waals surface area contributed by atoms with Gasteiger partial charge >= 0.3 is 0 Å². The van der Waals surface area contributed by atoms with Gasteiger partial charge in [-0.1, -0.05) is 35.5 Å². The number of carbonyl (C=O) groups excluding carboxylic acids is 1. The van der Waals surface area contributed by atoms with Crippen molar-refractivity contribution in [2.24, 2.45) is 0 Å². The van der Waals surface area contributed by atoms with Gasteiger partial charge in [-0.15, -0.1) is 10.2 Å². The first kappa shape index (κ1) is 16.0. The van der Waals surface area contributed by atoms with Crippen LogP contribution < -0.4 is 0 Å². The molecule has 0 fully saturated rings. The molecule has 0 saturated carbocycles. The molecule has 0 unspecified atom stereocenters. The van der Waals surface area contributed by atoms with Gasteiger partial charge in [-0.3, -0.25) is 4.79 Å². The Morgan fingerprint density at radius 3 is 3.05 bits per heavy atom. The van der Waals surface area contributed by atoms with Gasteiger partial charge in [-0.2, -0.15) is 0 Å². The SMILES string of the molecule is COCCn1cnnc1S[C@@H](C)C(=O)c1cccc(Cl)c1. The molecule has 0 aliphatic heterocycles. The third kappa shape index (κ3) is 4.30. The number of hydrogen-bond donors (Lipinski definition) is 0. The number of Topliss-reactive ketones (excluding diaryl/α,β-unsaturated/α-hetero) is 1. The number of methoxy groups -OCH3 is 1. The van der Waals surface area contributed by atoms with Crippen LogP contribution in [0.5, 0.6) is 0 Å². The van der Waals surface area contributed by atoms with E-state index in [1.54, 1.807) is 37.7 Å². The zero-order valence-corrected chi connectivity index (χ0v) is 13.4. The van der Waals surface area contributed by atoms with E-state index in [9.17, 15) is 4.79 Å². The average molecular weight is 326 g/mol. The van der Waals surface area contributed by atoms with Gasteiger partial charge in [0.25, 0.3) is 0 Å². The van der Waals surface area contributed by atoms with Crippen molar-refractivity contribution >= 4 is 29.1 Å². The number of thioether (sulfide) groups is 1. The predicted octanol–water partition coefficient (Wildman–Crippen LogP) is 2.94. The molecule has 1 aromatic heterocycles. The highest BCUT2D eigenvalue weighted by Crippen LogP contribution is 2.24. The van der Waals surface area contributed by atoms with Crippen molar-refractivity contribution in [2.75, 3.05) is 13.7 Å². The molecule has 0 saturated heterocycles. The Labute approximate surface area is 132 Å². The second kappa shape index (κ2) is 7.59. The van der Waals surface area contributed by atoms with Crippen LogP contribution >= 0.6 is 23.4 Å². The van der Waals surface area contributed by atoms with Crippen molar-refractivity contribution in [1.29, 1.82) is 0 Å². The van der Waals surface area contributed by atoms with Crippen LogP contribution in [0, 0.1) is 0 Å². The Balaban J connectivity index is 2.06. The fourth-order valence-corrected chi connectivity index (χ4v) is 2.88. The first-order chi connectivity index (χ1) is 10.1. The number of benzene rings is 1. The molecule has 21 heavy (non-hydrogen) atoms. The summed E-state index contributed by atoms with van der Waals surface area (Å²) < 4.78 is 6.91. The molecule has 0 radical (unpaired) electrons. The highest BCUT2D eigenvalue weighted by Gasteiger charge is 2.19. The van der Waals surface area contributed by atoms with Gasteiger partial charge in [-0.05, 0) is 19.1 Å². The van der Waals surface area contributed by atoms with Gasteiger partial charge in [0.2, 0.25) is 0 Å².